The molecule has 0 fully saturated rings. The molecule has 0 saturated carbocycles. The van der Waals surface area contributed by atoms with Gasteiger partial charge in [-0.2, -0.15) is 0 Å². The molecule has 130 valence electrons. The average molecular weight is 317 g/mol. The van der Waals surface area contributed by atoms with E-state index in [9.17, 15) is 0 Å². The van der Waals surface area contributed by atoms with E-state index in [1.165, 1.54) is 70.6 Å². The Morgan fingerprint density at radius 3 is 1.24 bits per heavy atom. The molecular formula is C20H45P. The Kier molecular flexibility index (Phi) is 15.6. The normalized spacial score (nSPS) is 12.8. The molecule has 0 aromatic rings. The molecule has 0 amide bonds. The molecule has 0 aromatic heterocycles. The zero-order chi connectivity index (χ0) is 15.8. The van der Waals surface area contributed by atoms with Gasteiger partial charge in [0.1, 0.15) is 0 Å². The van der Waals surface area contributed by atoms with Crippen LogP contribution in [0, 0.1) is 0 Å². The molecule has 0 nitrogen and oxygen atoms in total. The van der Waals surface area contributed by atoms with Gasteiger partial charge in [-0.05, 0) is 0 Å². The van der Waals surface area contributed by atoms with Crippen molar-refractivity contribution < 1.29 is 0 Å². The van der Waals surface area contributed by atoms with Crippen LogP contribution in [-0.4, -0.2) is 24.6 Å². The molecule has 0 aliphatic carbocycles. The zero-order valence-electron chi connectivity index (χ0n) is 15.8. The molecule has 21 heavy (non-hydrogen) atoms. The van der Waals surface area contributed by atoms with Crippen LogP contribution in [0.15, 0.2) is 0 Å². The molecule has 1 heteroatoms. The molecule has 0 bridgehead atoms. The van der Waals surface area contributed by atoms with Crippen LogP contribution < -0.4 is 0 Å². The minimum absolute atomic E-state index is 0.898. The Morgan fingerprint density at radius 2 is 0.857 bits per heavy atom. The van der Waals surface area contributed by atoms with Gasteiger partial charge in [0.05, 0.1) is 0 Å². The number of hydrogen-bond donors (Lipinski definition) is 0. The van der Waals surface area contributed by atoms with E-state index in [4.69, 9.17) is 0 Å². The molecule has 0 heterocycles. The van der Waals surface area contributed by atoms with Gasteiger partial charge in [-0.15, -0.1) is 0 Å². The van der Waals surface area contributed by atoms with E-state index >= 15 is 0 Å². The molecule has 0 aromatic carbocycles. The second-order valence-corrected chi connectivity index (χ2v) is 12.5. The molecule has 0 N–H and O–H groups in total. The van der Waals surface area contributed by atoms with Crippen LogP contribution in [0.2, 0.25) is 0 Å². The number of hydrogen-bond acceptors (Lipinski definition) is 0. The Labute approximate surface area is 137 Å². The van der Waals surface area contributed by atoms with Gasteiger partial charge in [-0.1, -0.05) is 0 Å². The van der Waals surface area contributed by atoms with Crippen molar-refractivity contribution in [1.82, 2.24) is 0 Å². The molecule has 0 atom stereocenters. The maximum absolute atomic E-state index is 2.50. The van der Waals surface area contributed by atoms with E-state index in [0.29, 0.717) is 0 Å². The van der Waals surface area contributed by atoms with Crippen molar-refractivity contribution >= 4 is 7.26 Å². The van der Waals surface area contributed by atoms with Crippen molar-refractivity contribution in [3.63, 3.8) is 0 Å². The summed E-state index contributed by atoms with van der Waals surface area (Å²) >= 11 is 0. The fourth-order valence-corrected chi connectivity index (χ4v) is 8.69. The number of rotatable bonds is 16. The Bertz CT molecular complexity index is 202. The van der Waals surface area contributed by atoms with Crippen molar-refractivity contribution in [3.8, 4) is 0 Å². The van der Waals surface area contributed by atoms with Crippen molar-refractivity contribution in [2.24, 2.45) is 0 Å². The van der Waals surface area contributed by atoms with Crippen molar-refractivity contribution in [2.45, 2.75) is 105 Å². The van der Waals surface area contributed by atoms with Crippen LogP contribution >= 0.6 is 7.26 Å². The molecule has 0 radical (unpaired) electrons. The standard InChI is InChI=1S/C20H45P/c1-5-9-11-13-15-17-20-21(8-4,18-7-3)19-16-14-12-10-6-2/h21H,5-20H2,1-4H3. The van der Waals surface area contributed by atoms with Gasteiger partial charge in [0, 0.05) is 0 Å². The van der Waals surface area contributed by atoms with E-state index in [0.717, 1.165) is 0 Å². The van der Waals surface area contributed by atoms with Crippen molar-refractivity contribution in [3.05, 3.63) is 0 Å². The van der Waals surface area contributed by atoms with Gasteiger partial charge in [-0.3, -0.25) is 0 Å². The fraction of sp³-hybridized carbons (Fsp3) is 1.00. The third-order valence-corrected chi connectivity index (χ3v) is 11.3. The predicted octanol–water partition coefficient (Wildman–Crippen LogP) is 7.50. The maximum atomic E-state index is 2.50. The quantitative estimate of drug-likeness (QED) is 0.204. The van der Waals surface area contributed by atoms with Crippen molar-refractivity contribution in [1.29, 1.82) is 0 Å². The first-order chi connectivity index (χ1) is 10.2. The summed E-state index contributed by atoms with van der Waals surface area (Å²) < 4.78 is 0. The van der Waals surface area contributed by atoms with E-state index in [2.05, 4.69) is 27.7 Å². The van der Waals surface area contributed by atoms with Gasteiger partial charge in [0.15, 0.2) is 0 Å². The second-order valence-electron chi connectivity index (χ2n) is 7.29. The monoisotopic (exact) mass is 316 g/mol. The van der Waals surface area contributed by atoms with Crippen LogP contribution in [0.1, 0.15) is 105 Å². The summed E-state index contributed by atoms with van der Waals surface area (Å²) in [6.07, 6.45) is 24.0. The van der Waals surface area contributed by atoms with Crippen molar-refractivity contribution in [2.75, 3.05) is 24.6 Å². The minimum atomic E-state index is -0.898. The summed E-state index contributed by atoms with van der Waals surface area (Å²) in [5, 5.41) is 0. The average Bonchev–Trinajstić information content (AvgIpc) is 2.50. The fourth-order valence-electron chi connectivity index (χ4n) is 3.82. The Morgan fingerprint density at radius 1 is 0.429 bits per heavy atom. The Hall–Kier alpha value is 0.430. The molecule has 0 unspecified atom stereocenters. The van der Waals surface area contributed by atoms with E-state index < -0.39 is 7.26 Å². The second kappa shape index (κ2) is 15.3. The predicted molar refractivity (Wildman–Crippen MR) is 106 cm³/mol. The third-order valence-electron chi connectivity index (χ3n) is 5.40. The van der Waals surface area contributed by atoms with E-state index in [1.807, 2.05) is 0 Å². The summed E-state index contributed by atoms with van der Waals surface area (Å²) in [6, 6.07) is 0. The molecular weight excluding hydrogens is 271 g/mol. The summed E-state index contributed by atoms with van der Waals surface area (Å²) in [4.78, 5) is 0. The topological polar surface area (TPSA) is 0 Å². The molecule has 0 rings (SSSR count). The summed E-state index contributed by atoms with van der Waals surface area (Å²) in [6.45, 7) is 9.55. The van der Waals surface area contributed by atoms with Gasteiger partial charge in [0.25, 0.3) is 0 Å². The Balaban J connectivity index is 3.97. The van der Waals surface area contributed by atoms with E-state index in [-0.39, 0.29) is 0 Å². The first-order valence-corrected chi connectivity index (χ1v) is 13.1. The number of unbranched alkanes of at least 4 members (excludes halogenated alkanes) is 9. The van der Waals surface area contributed by atoms with Crippen LogP contribution in [0.3, 0.4) is 0 Å². The summed E-state index contributed by atoms with van der Waals surface area (Å²) in [5.74, 6) is 0. The zero-order valence-corrected chi connectivity index (χ0v) is 16.8. The summed E-state index contributed by atoms with van der Waals surface area (Å²) in [7, 11) is -0.898. The van der Waals surface area contributed by atoms with Gasteiger partial charge >= 0.3 is 137 Å². The molecule has 0 saturated heterocycles. The molecule has 0 aliphatic rings. The van der Waals surface area contributed by atoms with Gasteiger partial charge < -0.3 is 0 Å². The van der Waals surface area contributed by atoms with Crippen LogP contribution in [0.4, 0.5) is 0 Å². The molecule has 0 spiro atoms. The molecule has 0 aliphatic heterocycles. The SMILES string of the molecule is CCCCCCCC[PH](CC)(CCC)CCCCCCC. The van der Waals surface area contributed by atoms with Crippen LogP contribution in [0.25, 0.3) is 0 Å². The van der Waals surface area contributed by atoms with E-state index in [1.54, 1.807) is 31.1 Å². The first-order valence-electron chi connectivity index (χ1n) is 10.2. The van der Waals surface area contributed by atoms with Crippen LogP contribution in [0.5, 0.6) is 0 Å². The first kappa shape index (κ1) is 21.4. The van der Waals surface area contributed by atoms with Gasteiger partial charge in [-0.25, -0.2) is 0 Å². The third kappa shape index (κ3) is 11.6. The summed E-state index contributed by atoms with van der Waals surface area (Å²) in [5.41, 5.74) is 0. The van der Waals surface area contributed by atoms with Crippen LogP contribution in [-0.2, 0) is 0 Å². The van der Waals surface area contributed by atoms with Gasteiger partial charge in [0.2, 0.25) is 0 Å².